The van der Waals surface area contributed by atoms with Gasteiger partial charge in [0.05, 0.1) is 24.3 Å². The van der Waals surface area contributed by atoms with Crippen LogP contribution >= 0.6 is 11.6 Å². The lowest BCUT2D eigenvalue weighted by Crippen LogP contribution is -2.36. The van der Waals surface area contributed by atoms with Crippen LogP contribution < -0.4 is 14.8 Å². The molecular formula is C21H28ClNO5. The second-order valence-corrected chi connectivity index (χ2v) is 7.03. The molecule has 0 unspecified atom stereocenters. The molecule has 7 heteroatoms. The summed E-state index contributed by atoms with van der Waals surface area (Å²) in [6, 6.07) is 2.93. The van der Waals surface area contributed by atoms with E-state index >= 15 is 0 Å². The molecule has 6 nitrogen and oxygen atoms in total. The first-order valence-electron chi connectivity index (χ1n) is 9.63. The van der Waals surface area contributed by atoms with Crippen LogP contribution in [-0.2, 0) is 9.53 Å². The molecule has 1 amide bonds. The van der Waals surface area contributed by atoms with Crippen molar-refractivity contribution in [3.63, 3.8) is 0 Å². The molecule has 1 aliphatic carbocycles. The molecule has 1 atom stereocenters. The van der Waals surface area contributed by atoms with Crippen LogP contribution in [-0.4, -0.2) is 38.2 Å². The number of carbonyl (C=O) groups excluding carboxylic acids is 2. The Balaban J connectivity index is 1.91. The fraction of sp³-hybridized carbons (Fsp3) is 0.524. The zero-order valence-corrected chi connectivity index (χ0v) is 17.4. The highest BCUT2D eigenvalue weighted by molar-refractivity contribution is 6.32. The highest BCUT2D eigenvalue weighted by Gasteiger charge is 2.21. The minimum absolute atomic E-state index is 0.192. The first-order valence-corrected chi connectivity index (χ1v) is 10.0. The van der Waals surface area contributed by atoms with Crippen molar-refractivity contribution in [1.82, 2.24) is 5.32 Å². The van der Waals surface area contributed by atoms with E-state index in [-0.39, 0.29) is 16.5 Å². The lowest BCUT2D eigenvalue weighted by atomic mass is 9.97. The summed E-state index contributed by atoms with van der Waals surface area (Å²) in [5.74, 6) is -0.278. The Labute approximate surface area is 171 Å². The van der Waals surface area contributed by atoms with Crippen LogP contribution in [0, 0.1) is 0 Å². The van der Waals surface area contributed by atoms with Gasteiger partial charge in [-0.2, -0.15) is 0 Å². The number of carbonyl (C=O) groups is 2. The van der Waals surface area contributed by atoms with Crippen molar-refractivity contribution in [2.45, 2.75) is 52.1 Å². The summed E-state index contributed by atoms with van der Waals surface area (Å²) in [6.45, 7) is 4.31. The fourth-order valence-electron chi connectivity index (χ4n) is 3.03. The number of amides is 1. The van der Waals surface area contributed by atoms with E-state index in [2.05, 4.69) is 11.4 Å². The topological polar surface area (TPSA) is 73.9 Å². The molecule has 154 valence electrons. The predicted molar refractivity (Wildman–Crippen MR) is 108 cm³/mol. The van der Waals surface area contributed by atoms with Crippen LogP contribution in [0.3, 0.4) is 0 Å². The van der Waals surface area contributed by atoms with Gasteiger partial charge in [-0.15, -0.1) is 0 Å². The molecule has 28 heavy (non-hydrogen) atoms. The molecule has 0 radical (unpaired) electrons. The van der Waals surface area contributed by atoms with Crippen molar-refractivity contribution in [1.29, 1.82) is 0 Å². The van der Waals surface area contributed by atoms with E-state index in [1.165, 1.54) is 37.7 Å². The van der Waals surface area contributed by atoms with E-state index in [0.29, 0.717) is 24.7 Å². The highest BCUT2D eigenvalue weighted by atomic mass is 35.5. The van der Waals surface area contributed by atoms with Crippen molar-refractivity contribution >= 4 is 23.5 Å². The van der Waals surface area contributed by atoms with Crippen LogP contribution in [0.1, 0.15) is 56.3 Å². The molecule has 0 aromatic heterocycles. The second-order valence-electron chi connectivity index (χ2n) is 6.62. The van der Waals surface area contributed by atoms with Crippen molar-refractivity contribution in [3.05, 3.63) is 34.4 Å². The quantitative estimate of drug-likeness (QED) is 0.486. The van der Waals surface area contributed by atoms with E-state index in [1.54, 1.807) is 6.92 Å². The van der Waals surface area contributed by atoms with Crippen LogP contribution in [0.25, 0.3) is 0 Å². The van der Waals surface area contributed by atoms with Gasteiger partial charge in [0, 0.05) is 6.54 Å². The molecular weight excluding hydrogens is 382 g/mol. The Morgan fingerprint density at radius 3 is 2.71 bits per heavy atom. The minimum atomic E-state index is -0.913. The van der Waals surface area contributed by atoms with Crippen LogP contribution in [0.2, 0.25) is 5.02 Å². The maximum absolute atomic E-state index is 12.4. The summed E-state index contributed by atoms with van der Waals surface area (Å²) in [5.41, 5.74) is 1.57. The maximum atomic E-state index is 12.4. The van der Waals surface area contributed by atoms with E-state index in [4.69, 9.17) is 25.8 Å². The fourth-order valence-corrected chi connectivity index (χ4v) is 3.29. The molecule has 0 aliphatic heterocycles. The maximum Gasteiger partial charge on any atom is 0.339 e. The highest BCUT2D eigenvalue weighted by Crippen LogP contribution is 2.36. The van der Waals surface area contributed by atoms with Gasteiger partial charge < -0.3 is 19.5 Å². The van der Waals surface area contributed by atoms with Crippen LogP contribution in [0.5, 0.6) is 11.5 Å². The summed E-state index contributed by atoms with van der Waals surface area (Å²) >= 11 is 6.18. The molecule has 2 rings (SSSR count). The van der Waals surface area contributed by atoms with Crippen LogP contribution in [0.15, 0.2) is 23.8 Å². The zero-order valence-electron chi connectivity index (χ0n) is 16.7. The molecule has 0 spiro atoms. The number of ether oxygens (including phenoxy) is 3. The Morgan fingerprint density at radius 2 is 2.07 bits per heavy atom. The molecule has 1 aromatic carbocycles. The summed E-state index contributed by atoms with van der Waals surface area (Å²) in [6.07, 6.45) is 6.83. The lowest BCUT2D eigenvalue weighted by Gasteiger charge is -2.16. The monoisotopic (exact) mass is 409 g/mol. The van der Waals surface area contributed by atoms with E-state index in [1.807, 2.05) is 6.92 Å². The number of hydrogen-bond acceptors (Lipinski definition) is 5. The van der Waals surface area contributed by atoms with Gasteiger partial charge in [0.2, 0.25) is 0 Å². The first-order chi connectivity index (χ1) is 13.5. The van der Waals surface area contributed by atoms with Crippen molar-refractivity contribution < 1.29 is 23.8 Å². The summed E-state index contributed by atoms with van der Waals surface area (Å²) in [5, 5.41) is 3.06. The molecule has 0 bridgehead atoms. The Bertz CT molecular complexity index is 732. The number of allylic oxidation sites excluding steroid dienone is 1. The van der Waals surface area contributed by atoms with Crippen molar-refractivity contribution in [3.8, 4) is 11.5 Å². The lowest BCUT2D eigenvalue weighted by molar-refractivity contribution is -0.129. The minimum Gasteiger partial charge on any atom is -0.493 e. The average molecular weight is 410 g/mol. The van der Waals surface area contributed by atoms with Gasteiger partial charge in [0.25, 0.3) is 5.91 Å². The Hall–Kier alpha value is -2.21. The largest absolute Gasteiger partial charge is 0.493 e. The van der Waals surface area contributed by atoms with Gasteiger partial charge in [-0.25, -0.2) is 4.79 Å². The third-order valence-corrected chi connectivity index (χ3v) is 4.82. The number of nitrogens with one attached hydrogen (secondary N) is 1. The Morgan fingerprint density at radius 1 is 1.29 bits per heavy atom. The molecule has 1 aliphatic rings. The molecule has 0 fully saturated rings. The standard InChI is InChI=1S/C21H28ClNO5/c1-4-27-19-17(22)12-16(13-18(19)26-3)21(25)28-14(2)20(24)23-11-10-15-8-6-5-7-9-15/h8,12-14H,4-7,9-11H2,1-3H3,(H,23,24)/t14-/m0/s1. The molecule has 0 saturated carbocycles. The molecule has 0 saturated heterocycles. The third kappa shape index (κ3) is 6.16. The number of rotatable bonds is 9. The van der Waals surface area contributed by atoms with E-state index < -0.39 is 12.1 Å². The molecule has 1 aromatic rings. The van der Waals surface area contributed by atoms with E-state index in [9.17, 15) is 9.59 Å². The van der Waals surface area contributed by atoms with Gasteiger partial charge >= 0.3 is 5.97 Å². The first kappa shape index (κ1) is 22.1. The molecule has 0 heterocycles. The third-order valence-electron chi connectivity index (χ3n) is 4.54. The Kier molecular flexibility index (Phi) is 8.64. The van der Waals surface area contributed by atoms with Gasteiger partial charge in [-0.3, -0.25) is 4.79 Å². The van der Waals surface area contributed by atoms with E-state index in [0.717, 1.165) is 19.3 Å². The molecule has 1 N–H and O–H groups in total. The van der Waals surface area contributed by atoms with Gasteiger partial charge in [-0.1, -0.05) is 23.3 Å². The van der Waals surface area contributed by atoms with Gasteiger partial charge in [0.15, 0.2) is 17.6 Å². The predicted octanol–water partition coefficient (Wildman–Crippen LogP) is 4.30. The van der Waals surface area contributed by atoms with Crippen LogP contribution in [0.4, 0.5) is 0 Å². The number of methoxy groups -OCH3 is 1. The SMILES string of the molecule is CCOc1c(Cl)cc(C(=O)O[C@@H](C)C(=O)NCCC2=CCCCC2)cc1OC. The number of esters is 1. The van der Waals surface area contributed by atoms with Gasteiger partial charge in [0.1, 0.15) is 0 Å². The second kappa shape index (κ2) is 11.0. The number of hydrogen-bond donors (Lipinski definition) is 1. The smallest absolute Gasteiger partial charge is 0.339 e. The number of benzene rings is 1. The van der Waals surface area contributed by atoms with Gasteiger partial charge in [-0.05, 0) is 58.1 Å². The van der Waals surface area contributed by atoms with Crippen molar-refractivity contribution in [2.24, 2.45) is 0 Å². The summed E-state index contributed by atoms with van der Waals surface area (Å²) < 4.78 is 15.9. The average Bonchev–Trinajstić information content (AvgIpc) is 2.69. The van der Waals surface area contributed by atoms with Crippen molar-refractivity contribution in [2.75, 3.05) is 20.3 Å². The normalized spacial score (nSPS) is 14.6. The summed E-state index contributed by atoms with van der Waals surface area (Å²) in [4.78, 5) is 24.6. The zero-order chi connectivity index (χ0) is 20.5. The number of halogens is 1. The summed E-state index contributed by atoms with van der Waals surface area (Å²) in [7, 11) is 1.46.